The van der Waals surface area contributed by atoms with E-state index >= 15 is 0 Å². The summed E-state index contributed by atoms with van der Waals surface area (Å²) in [5, 5.41) is 12.7. The van der Waals surface area contributed by atoms with Gasteiger partial charge in [-0.25, -0.2) is 4.79 Å². The Morgan fingerprint density at radius 1 is 1.18 bits per heavy atom. The van der Waals surface area contributed by atoms with Crippen molar-refractivity contribution in [3.63, 3.8) is 0 Å². The molecule has 8 nitrogen and oxygen atoms in total. The van der Waals surface area contributed by atoms with Crippen LogP contribution >= 0.6 is 23.2 Å². The second-order valence-corrected chi connectivity index (χ2v) is 8.54. The van der Waals surface area contributed by atoms with Gasteiger partial charge in [-0.15, -0.1) is 0 Å². The number of anilines is 1. The number of hydrogen-bond acceptors (Lipinski definition) is 6. The standard InChI is InChI=1S/C23H24Cl2N2O6/c1-3-32-23(31)21(29)26-14-9-17(24)20(18(25)10-14)33-15-6-7-19(28)16(11-15)22(30)27-8-4-5-13(2)12-27/h6-7,9-11,13,28H,3-5,8,12H2,1-2H3,(H,26,29). The van der Waals surface area contributed by atoms with E-state index in [4.69, 9.17) is 27.9 Å². The Bertz CT molecular complexity index is 1050. The van der Waals surface area contributed by atoms with E-state index in [1.807, 2.05) is 0 Å². The summed E-state index contributed by atoms with van der Waals surface area (Å²) in [6, 6.07) is 7.00. The molecule has 2 aromatic carbocycles. The first-order chi connectivity index (χ1) is 15.7. The molecule has 176 valence electrons. The van der Waals surface area contributed by atoms with Crippen LogP contribution in [0.15, 0.2) is 30.3 Å². The molecule has 0 spiro atoms. The van der Waals surface area contributed by atoms with Crippen LogP contribution in [-0.2, 0) is 14.3 Å². The Morgan fingerprint density at radius 2 is 1.88 bits per heavy atom. The number of benzene rings is 2. The summed E-state index contributed by atoms with van der Waals surface area (Å²) < 4.78 is 10.4. The number of aromatic hydroxyl groups is 1. The number of carbonyl (C=O) groups is 3. The van der Waals surface area contributed by atoms with Gasteiger partial charge in [-0.05, 0) is 56.0 Å². The maximum Gasteiger partial charge on any atom is 0.397 e. The summed E-state index contributed by atoms with van der Waals surface area (Å²) in [6.45, 7) is 4.99. The van der Waals surface area contributed by atoms with Gasteiger partial charge < -0.3 is 24.8 Å². The first-order valence-corrected chi connectivity index (χ1v) is 11.2. The fraction of sp³-hybridized carbons (Fsp3) is 0.348. The van der Waals surface area contributed by atoms with Crippen molar-refractivity contribution in [1.29, 1.82) is 0 Å². The lowest BCUT2D eigenvalue weighted by atomic mass is 9.99. The van der Waals surface area contributed by atoms with Gasteiger partial charge in [0.05, 0.1) is 22.2 Å². The van der Waals surface area contributed by atoms with Crippen LogP contribution < -0.4 is 10.1 Å². The topological polar surface area (TPSA) is 105 Å². The van der Waals surface area contributed by atoms with Gasteiger partial charge in [0.1, 0.15) is 11.5 Å². The lowest BCUT2D eigenvalue weighted by Gasteiger charge is -2.31. The second kappa shape index (κ2) is 10.8. The number of phenolic OH excluding ortho intramolecular Hbond substituents is 1. The number of esters is 1. The summed E-state index contributed by atoms with van der Waals surface area (Å²) in [4.78, 5) is 38.0. The van der Waals surface area contributed by atoms with Gasteiger partial charge in [0.25, 0.3) is 5.91 Å². The minimum absolute atomic E-state index is 0.0625. The molecule has 0 radical (unpaired) electrons. The van der Waals surface area contributed by atoms with Crippen LogP contribution in [0.2, 0.25) is 10.0 Å². The molecule has 1 atom stereocenters. The van der Waals surface area contributed by atoms with Crippen LogP contribution in [0.25, 0.3) is 0 Å². The fourth-order valence-electron chi connectivity index (χ4n) is 3.52. The van der Waals surface area contributed by atoms with Gasteiger partial charge in [-0.3, -0.25) is 9.59 Å². The van der Waals surface area contributed by atoms with Crippen LogP contribution in [0, 0.1) is 5.92 Å². The molecule has 2 aromatic rings. The summed E-state index contributed by atoms with van der Waals surface area (Å²) in [5.41, 5.74) is 0.295. The molecule has 1 aliphatic rings. The van der Waals surface area contributed by atoms with Crippen molar-refractivity contribution in [2.45, 2.75) is 26.7 Å². The third kappa shape index (κ3) is 6.09. The lowest BCUT2D eigenvalue weighted by Crippen LogP contribution is -2.39. The maximum absolute atomic E-state index is 12.9. The van der Waals surface area contributed by atoms with E-state index in [2.05, 4.69) is 17.0 Å². The normalized spacial score (nSPS) is 15.6. The van der Waals surface area contributed by atoms with Gasteiger partial charge in [0.2, 0.25) is 0 Å². The first-order valence-electron chi connectivity index (χ1n) is 10.5. The molecule has 1 fully saturated rings. The van der Waals surface area contributed by atoms with Crippen LogP contribution in [0.3, 0.4) is 0 Å². The number of piperidine rings is 1. The number of likely N-dealkylation sites (tertiary alicyclic amines) is 1. The zero-order chi connectivity index (χ0) is 24.1. The van der Waals surface area contributed by atoms with E-state index in [0.29, 0.717) is 19.0 Å². The van der Waals surface area contributed by atoms with Crippen molar-refractivity contribution < 1.29 is 29.0 Å². The van der Waals surface area contributed by atoms with Crippen molar-refractivity contribution >= 4 is 46.7 Å². The molecule has 1 heterocycles. The van der Waals surface area contributed by atoms with E-state index in [1.54, 1.807) is 11.8 Å². The van der Waals surface area contributed by atoms with E-state index in [0.717, 1.165) is 12.8 Å². The summed E-state index contributed by atoms with van der Waals surface area (Å²) >= 11 is 12.6. The van der Waals surface area contributed by atoms with Gasteiger partial charge in [0.15, 0.2) is 5.75 Å². The highest BCUT2D eigenvalue weighted by atomic mass is 35.5. The van der Waals surface area contributed by atoms with E-state index in [1.165, 1.54) is 30.3 Å². The average Bonchev–Trinajstić information content (AvgIpc) is 2.77. The second-order valence-electron chi connectivity index (χ2n) is 7.72. The molecule has 33 heavy (non-hydrogen) atoms. The molecular formula is C23H24Cl2N2O6. The third-order valence-corrected chi connectivity index (χ3v) is 5.64. The molecular weight excluding hydrogens is 471 g/mol. The third-order valence-electron chi connectivity index (χ3n) is 5.08. The molecule has 1 saturated heterocycles. The zero-order valence-corrected chi connectivity index (χ0v) is 19.7. The zero-order valence-electron chi connectivity index (χ0n) is 18.2. The van der Waals surface area contributed by atoms with Gasteiger partial charge in [-0.1, -0.05) is 30.1 Å². The molecule has 0 aliphatic carbocycles. The van der Waals surface area contributed by atoms with Crippen molar-refractivity contribution in [1.82, 2.24) is 4.90 Å². The van der Waals surface area contributed by atoms with E-state index in [9.17, 15) is 19.5 Å². The molecule has 0 saturated carbocycles. The van der Waals surface area contributed by atoms with Crippen LogP contribution in [-0.4, -0.2) is 47.5 Å². The minimum atomic E-state index is -1.03. The molecule has 0 aromatic heterocycles. The number of halogens is 2. The SMILES string of the molecule is CCOC(=O)C(=O)Nc1cc(Cl)c(Oc2ccc(O)c(C(=O)N3CCCC(C)C3)c2)c(Cl)c1. The number of ether oxygens (including phenoxy) is 2. The summed E-state index contributed by atoms with van der Waals surface area (Å²) in [7, 11) is 0. The predicted octanol–water partition coefficient (Wildman–Crippen LogP) is 4.87. The highest BCUT2D eigenvalue weighted by molar-refractivity contribution is 6.39. The smallest absolute Gasteiger partial charge is 0.397 e. The van der Waals surface area contributed by atoms with E-state index in [-0.39, 0.29) is 51.1 Å². The van der Waals surface area contributed by atoms with Crippen molar-refractivity contribution in [2.24, 2.45) is 5.92 Å². The number of amides is 2. The van der Waals surface area contributed by atoms with Gasteiger partial charge >= 0.3 is 11.9 Å². The number of nitrogens with zero attached hydrogens (tertiary/aromatic N) is 1. The Hall–Kier alpha value is -2.97. The lowest BCUT2D eigenvalue weighted by molar-refractivity contribution is -0.152. The maximum atomic E-state index is 12.9. The fourth-order valence-corrected chi connectivity index (χ4v) is 4.08. The number of carbonyl (C=O) groups excluding carboxylic acids is 3. The number of phenols is 1. The van der Waals surface area contributed by atoms with Crippen molar-refractivity contribution in [2.75, 3.05) is 25.0 Å². The Kier molecular flexibility index (Phi) is 8.05. The molecule has 1 unspecified atom stereocenters. The molecule has 1 aliphatic heterocycles. The highest BCUT2D eigenvalue weighted by Crippen LogP contribution is 2.40. The van der Waals surface area contributed by atoms with E-state index < -0.39 is 11.9 Å². The molecule has 2 N–H and O–H groups in total. The summed E-state index contributed by atoms with van der Waals surface area (Å²) in [5.74, 6) is -1.71. The average molecular weight is 495 g/mol. The number of nitrogens with one attached hydrogen (secondary N) is 1. The largest absolute Gasteiger partial charge is 0.507 e. The monoisotopic (exact) mass is 494 g/mol. The Labute approximate surface area is 201 Å². The van der Waals surface area contributed by atoms with Gasteiger partial charge in [0, 0.05) is 18.8 Å². The highest BCUT2D eigenvalue weighted by Gasteiger charge is 2.25. The van der Waals surface area contributed by atoms with Crippen molar-refractivity contribution in [3.8, 4) is 17.2 Å². The summed E-state index contributed by atoms with van der Waals surface area (Å²) in [6.07, 6.45) is 1.97. The molecule has 10 heteroatoms. The molecule has 2 amide bonds. The predicted molar refractivity (Wildman–Crippen MR) is 124 cm³/mol. The quantitative estimate of drug-likeness (QED) is 0.453. The van der Waals surface area contributed by atoms with Gasteiger partial charge in [-0.2, -0.15) is 0 Å². The number of rotatable bonds is 5. The Morgan fingerprint density at radius 3 is 2.52 bits per heavy atom. The number of hydrogen-bond donors (Lipinski definition) is 2. The first kappa shape index (κ1) is 24.7. The van der Waals surface area contributed by atoms with Crippen molar-refractivity contribution in [3.05, 3.63) is 45.9 Å². The van der Waals surface area contributed by atoms with Crippen LogP contribution in [0.1, 0.15) is 37.0 Å². The molecule has 3 rings (SSSR count). The molecule has 0 bridgehead atoms. The Balaban J connectivity index is 1.79. The van der Waals surface area contributed by atoms with Crippen LogP contribution in [0.5, 0.6) is 17.2 Å². The van der Waals surface area contributed by atoms with Crippen LogP contribution in [0.4, 0.5) is 5.69 Å². The minimum Gasteiger partial charge on any atom is -0.507 e.